The molecule has 0 aromatic heterocycles. The Morgan fingerprint density at radius 1 is 0.750 bits per heavy atom. The Morgan fingerprint density at radius 3 is 1.81 bits per heavy atom. The van der Waals surface area contributed by atoms with Crippen molar-refractivity contribution >= 4 is 23.4 Å². The lowest BCUT2D eigenvalue weighted by Gasteiger charge is -2.32. The molecule has 0 radical (unpaired) electrons. The van der Waals surface area contributed by atoms with Crippen molar-refractivity contribution in [2.75, 3.05) is 4.90 Å². The van der Waals surface area contributed by atoms with Gasteiger partial charge < -0.3 is 4.90 Å². The van der Waals surface area contributed by atoms with Crippen molar-refractivity contribution in [3.8, 4) is 0 Å². The first-order chi connectivity index (χ1) is 17.6. The van der Waals surface area contributed by atoms with Crippen molar-refractivity contribution < 1.29 is 14.4 Å². The van der Waals surface area contributed by atoms with Crippen molar-refractivity contribution in [2.24, 2.45) is 23.7 Å². The Labute approximate surface area is 211 Å². The van der Waals surface area contributed by atoms with Crippen molar-refractivity contribution in [3.05, 3.63) is 102 Å². The van der Waals surface area contributed by atoms with Gasteiger partial charge >= 0.3 is 0 Å². The van der Waals surface area contributed by atoms with Gasteiger partial charge in [-0.1, -0.05) is 78.9 Å². The summed E-state index contributed by atoms with van der Waals surface area (Å²) in [4.78, 5) is 45.0. The first-order valence-corrected chi connectivity index (χ1v) is 12.9. The molecule has 0 spiro atoms. The number of hydrogen-bond donors (Lipinski definition) is 0. The Bertz CT molecular complexity index is 1230. The molecule has 2 saturated carbocycles. The number of carbonyl (C=O) groups is 3. The molecule has 1 saturated heterocycles. The van der Waals surface area contributed by atoms with Gasteiger partial charge in [-0.2, -0.15) is 0 Å². The maximum atomic E-state index is 14.4. The fourth-order valence-corrected chi connectivity index (χ4v) is 6.72. The summed E-state index contributed by atoms with van der Waals surface area (Å²) in [5.74, 6) is -0.434. The highest BCUT2D eigenvalue weighted by Crippen LogP contribution is 2.56. The molecule has 2 aliphatic carbocycles. The van der Waals surface area contributed by atoms with Crippen LogP contribution in [0.3, 0.4) is 0 Å². The van der Waals surface area contributed by atoms with E-state index in [1.165, 1.54) is 4.90 Å². The Kier molecular flexibility index (Phi) is 5.92. The number of anilines is 1. The molecule has 3 amide bonds. The molecule has 5 atom stereocenters. The molecule has 5 heteroatoms. The molecule has 36 heavy (non-hydrogen) atoms. The second-order valence-corrected chi connectivity index (χ2v) is 10.4. The molecule has 2 bridgehead atoms. The first kappa shape index (κ1) is 22.7. The molecule has 0 N–H and O–H groups in total. The third kappa shape index (κ3) is 3.93. The average molecular weight is 479 g/mol. The number of hydrogen-bond acceptors (Lipinski definition) is 3. The number of para-hydroxylation sites is 1. The lowest BCUT2D eigenvalue weighted by molar-refractivity contribution is -0.148. The molecule has 5 nitrogen and oxygen atoms in total. The van der Waals surface area contributed by atoms with Gasteiger partial charge in [0.15, 0.2) is 0 Å². The Hall–Kier alpha value is -3.73. The number of fused-ring (bicyclic) bond motifs is 5. The highest BCUT2D eigenvalue weighted by molar-refractivity contribution is 6.11. The fourth-order valence-electron chi connectivity index (χ4n) is 6.72. The monoisotopic (exact) mass is 478 g/mol. The van der Waals surface area contributed by atoms with Crippen LogP contribution in [0.15, 0.2) is 91.0 Å². The molecule has 182 valence electrons. The second-order valence-electron chi connectivity index (χ2n) is 10.4. The van der Waals surface area contributed by atoms with Crippen LogP contribution in [0.4, 0.5) is 5.69 Å². The molecule has 3 fully saturated rings. The van der Waals surface area contributed by atoms with E-state index in [9.17, 15) is 14.4 Å². The zero-order valence-electron chi connectivity index (χ0n) is 20.2. The van der Waals surface area contributed by atoms with E-state index in [2.05, 4.69) is 0 Å². The van der Waals surface area contributed by atoms with Crippen LogP contribution < -0.4 is 4.90 Å². The van der Waals surface area contributed by atoms with Gasteiger partial charge in [0.25, 0.3) is 5.91 Å². The lowest BCUT2D eigenvalue weighted by Crippen LogP contribution is -2.53. The van der Waals surface area contributed by atoms with Crippen molar-refractivity contribution in [1.82, 2.24) is 4.90 Å². The summed E-state index contributed by atoms with van der Waals surface area (Å²) >= 11 is 0. The van der Waals surface area contributed by atoms with Gasteiger partial charge in [-0.05, 0) is 54.4 Å². The van der Waals surface area contributed by atoms with Crippen LogP contribution >= 0.6 is 0 Å². The molecule has 0 unspecified atom stereocenters. The first-order valence-electron chi connectivity index (χ1n) is 12.9. The highest BCUT2D eigenvalue weighted by atomic mass is 16.2. The van der Waals surface area contributed by atoms with Crippen LogP contribution in [0.1, 0.15) is 30.4 Å². The van der Waals surface area contributed by atoms with E-state index in [0.29, 0.717) is 13.0 Å². The van der Waals surface area contributed by atoms with E-state index in [1.54, 1.807) is 4.90 Å². The zero-order valence-corrected chi connectivity index (χ0v) is 20.2. The van der Waals surface area contributed by atoms with Crippen LogP contribution in [-0.2, 0) is 27.3 Å². The van der Waals surface area contributed by atoms with Crippen molar-refractivity contribution in [2.45, 2.75) is 38.3 Å². The van der Waals surface area contributed by atoms with Crippen LogP contribution in [0.5, 0.6) is 0 Å². The molecule has 1 heterocycles. The van der Waals surface area contributed by atoms with E-state index in [1.807, 2.05) is 91.0 Å². The van der Waals surface area contributed by atoms with E-state index in [0.717, 1.165) is 36.1 Å². The summed E-state index contributed by atoms with van der Waals surface area (Å²) in [6.07, 6.45) is 3.31. The predicted molar refractivity (Wildman–Crippen MR) is 138 cm³/mol. The lowest BCUT2D eigenvalue weighted by atomic mass is 9.81. The van der Waals surface area contributed by atoms with Crippen LogP contribution in [0.25, 0.3) is 0 Å². The number of rotatable bonds is 7. The quantitative estimate of drug-likeness (QED) is 0.456. The van der Waals surface area contributed by atoms with E-state index in [-0.39, 0.29) is 41.4 Å². The van der Waals surface area contributed by atoms with Crippen molar-refractivity contribution in [3.63, 3.8) is 0 Å². The minimum Gasteiger partial charge on any atom is -0.306 e. The minimum absolute atomic E-state index is 0.140. The molecule has 1 aliphatic heterocycles. The third-order valence-corrected chi connectivity index (χ3v) is 8.35. The number of imide groups is 1. The van der Waals surface area contributed by atoms with Crippen LogP contribution in [0, 0.1) is 23.7 Å². The Balaban J connectivity index is 1.39. The molecule has 3 aromatic rings. The fraction of sp³-hybridized carbons (Fsp3) is 0.323. The largest absolute Gasteiger partial charge is 0.306 e. The molecule has 3 aromatic carbocycles. The molecular weight excluding hydrogens is 448 g/mol. The SMILES string of the molecule is O=C([C@@H](Cc1ccccc1)N1C(=O)[C@H]2[C@@H]3CC[C@@H](C3)[C@@H]2C1=O)N(Cc1ccccc1)c1ccccc1. The average Bonchev–Trinajstić information content (AvgIpc) is 3.61. The van der Waals surface area contributed by atoms with Gasteiger partial charge in [-0.15, -0.1) is 0 Å². The molecule has 3 aliphatic rings. The normalized spacial score (nSPS) is 25.2. The number of carbonyl (C=O) groups excluding carboxylic acids is 3. The van der Waals surface area contributed by atoms with Gasteiger partial charge in [0.2, 0.25) is 11.8 Å². The zero-order chi connectivity index (χ0) is 24.6. The maximum absolute atomic E-state index is 14.4. The van der Waals surface area contributed by atoms with Gasteiger partial charge in [-0.25, -0.2) is 0 Å². The maximum Gasteiger partial charge on any atom is 0.250 e. The number of benzene rings is 3. The second kappa shape index (κ2) is 9.38. The van der Waals surface area contributed by atoms with Gasteiger partial charge in [-0.3, -0.25) is 19.3 Å². The summed E-state index contributed by atoms with van der Waals surface area (Å²) in [6.45, 7) is 0.364. The summed E-state index contributed by atoms with van der Waals surface area (Å²) in [5, 5.41) is 0. The Morgan fingerprint density at radius 2 is 1.25 bits per heavy atom. The van der Waals surface area contributed by atoms with Crippen molar-refractivity contribution in [1.29, 1.82) is 0 Å². The van der Waals surface area contributed by atoms with Crippen LogP contribution in [0.2, 0.25) is 0 Å². The van der Waals surface area contributed by atoms with Gasteiger partial charge in [0.05, 0.1) is 18.4 Å². The summed E-state index contributed by atoms with van der Waals surface area (Å²) in [7, 11) is 0. The van der Waals surface area contributed by atoms with E-state index < -0.39 is 6.04 Å². The number of likely N-dealkylation sites (tertiary alicyclic amines) is 1. The van der Waals surface area contributed by atoms with E-state index >= 15 is 0 Å². The smallest absolute Gasteiger partial charge is 0.250 e. The third-order valence-electron chi connectivity index (χ3n) is 8.35. The van der Waals surface area contributed by atoms with Gasteiger partial charge in [0, 0.05) is 12.1 Å². The summed E-state index contributed by atoms with van der Waals surface area (Å²) in [5.41, 5.74) is 2.68. The molecule has 6 rings (SSSR count). The minimum atomic E-state index is -0.874. The topological polar surface area (TPSA) is 57.7 Å². The summed E-state index contributed by atoms with van der Waals surface area (Å²) < 4.78 is 0. The number of nitrogens with zero attached hydrogens (tertiary/aromatic N) is 2. The standard InChI is InChI=1S/C31H30N2O3/c34-29(32(25-14-8-3-9-15-25)20-22-12-6-2-7-13-22)26(18-21-10-4-1-5-11-21)33-30(35)27-23-16-17-24(19-23)28(27)31(33)36/h1-15,23-24,26-28H,16-20H2/t23-,24+,26-,27+,28+/m1/s1. The predicted octanol–water partition coefficient (Wildman–Crippen LogP) is 4.86. The summed E-state index contributed by atoms with van der Waals surface area (Å²) in [6, 6.07) is 28.2. The number of amides is 3. The van der Waals surface area contributed by atoms with E-state index in [4.69, 9.17) is 0 Å². The van der Waals surface area contributed by atoms with Gasteiger partial charge in [0.1, 0.15) is 6.04 Å². The molecular formula is C31H30N2O3. The van der Waals surface area contributed by atoms with Crippen LogP contribution in [-0.4, -0.2) is 28.7 Å². The highest BCUT2D eigenvalue weighted by Gasteiger charge is 2.62.